The van der Waals surface area contributed by atoms with Gasteiger partial charge in [-0.25, -0.2) is 4.39 Å². The molecule has 1 saturated heterocycles. The highest BCUT2D eigenvalue weighted by Crippen LogP contribution is 2.35. The molecule has 7 heteroatoms. The number of rotatable bonds is 3. The number of carbonyl (C=O) groups is 1. The SMILES string of the molecule is Cc1cc(F)cc(OCC(F)(F)F)c1N1CCC(=O)C1. The number of halogens is 4. The van der Waals surface area contributed by atoms with Gasteiger partial charge in [0.15, 0.2) is 12.4 Å². The average Bonchev–Trinajstić information content (AvgIpc) is 2.71. The van der Waals surface area contributed by atoms with Gasteiger partial charge in [0.1, 0.15) is 11.6 Å². The molecule has 0 saturated carbocycles. The maximum absolute atomic E-state index is 13.3. The van der Waals surface area contributed by atoms with E-state index in [1.165, 1.54) is 6.07 Å². The minimum atomic E-state index is -4.50. The number of benzene rings is 1. The van der Waals surface area contributed by atoms with Crippen LogP contribution in [-0.2, 0) is 4.79 Å². The van der Waals surface area contributed by atoms with E-state index in [9.17, 15) is 22.4 Å². The third kappa shape index (κ3) is 3.40. The summed E-state index contributed by atoms with van der Waals surface area (Å²) in [4.78, 5) is 12.9. The number of Topliss-reactive ketones (excluding diaryl/α,β-unsaturated/α-hetero) is 1. The Morgan fingerprint density at radius 2 is 2.05 bits per heavy atom. The monoisotopic (exact) mass is 291 g/mol. The molecule has 0 bridgehead atoms. The lowest BCUT2D eigenvalue weighted by Crippen LogP contribution is -2.24. The highest BCUT2D eigenvalue weighted by molar-refractivity contribution is 5.88. The van der Waals surface area contributed by atoms with Gasteiger partial charge in [-0.1, -0.05) is 0 Å². The molecule has 20 heavy (non-hydrogen) atoms. The van der Waals surface area contributed by atoms with Crippen LogP contribution in [0, 0.1) is 12.7 Å². The Bertz CT molecular complexity index is 528. The molecule has 0 spiro atoms. The molecule has 1 aromatic carbocycles. The van der Waals surface area contributed by atoms with E-state index >= 15 is 0 Å². The maximum atomic E-state index is 13.3. The van der Waals surface area contributed by atoms with Gasteiger partial charge in [0.25, 0.3) is 0 Å². The van der Waals surface area contributed by atoms with E-state index in [0.29, 0.717) is 24.2 Å². The van der Waals surface area contributed by atoms with Gasteiger partial charge in [-0.2, -0.15) is 13.2 Å². The minimum absolute atomic E-state index is 0.00417. The van der Waals surface area contributed by atoms with Crippen molar-refractivity contribution in [1.82, 2.24) is 0 Å². The zero-order chi connectivity index (χ0) is 14.9. The Morgan fingerprint density at radius 1 is 1.35 bits per heavy atom. The average molecular weight is 291 g/mol. The fourth-order valence-electron chi connectivity index (χ4n) is 2.20. The fourth-order valence-corrected chi connectivity index (χ4v) is 2.20. The second kappa shape index (κ2) is 5.30. The Morgan fingerprint density at radius 3 is 2.60 bits per heavy atom. The van der Waals surface area contributed by atoms with Gasteiger partial charge in [0.2, 0.25) is 0 Å². The predicted octanol–water partition coefficient (Wildman–Crippen LogP) is 2.85. The molecule has 3 nitrogen and oxygen atoms in total. The fraction of sp³-hybridized carbons (Fsp3) is 0.462. The molecule has 1 aliphatic rings. The van der Waals surface area contributed by atoms with Crippen molar-refractivity contribution < 1.29 is 27.1 Å². The quantitative estimate of drug-likeness (QED) is 0.802. The second-order valence-electron chi connectivity index (χ2n) is 4.68. The smallest absolute Gasteiger partial charge is 0.422 e. The van der Waals surface area contributed by atoms with E-state index in [1.807, 2.05) is 0 Å². The van der Waals surface area contributed by atoms with Crippen LogP contribution >= 0.6 is 0 Å². The van der Waals surface area contributed by atoms with Crippen molar-refractivity contribution in [3.63, 3.8) is 0 Å². The standard InChI is InChI=1S/C13H13F4NO2/c1-8-4-9(14)5-11(20-7-13(15,16)17)12(8)18-3-2-10(19)6-18/h4-5H,2-3,6-7H2,1H3. The second-order valence-corrected chi connectivity index (χ2v) is 4.68. The van der Waals surface area contributed by atoms with Gasteiger partial charge in [-0.3, -0.25) is 4.79 Å². The highest BCUT2D eigenvalue weighted by atomic mass is 19.4. The van der Waals surface area contributed by atoms with Gasteiger partial charge in [0.05, 0.1) is 12.2 Å². The van der Waals surface area contributed by atoms with Crippen molar-refractivity contribution in [2.45, 2.75) is 19.5 Å². The van der Waals surface area contributed by atoms with Gasteiger partial charge < -0.3 is 9.64 Å². The lowest BCUT2D eigenvalue weighted by molar-refractivity contribution is -0.153. The summed E-state index contributed by atoms with van der Waals surface area (Å²) in [5.74, 6) is -0.862. The van der Waals surface area contributed by atoms with E-state index in [-0.39, 0.29) is 18.1 Å². The molecule has 0 radical (unpaired) electrons. The zero-order valence-corrected chi connectivity index (χ0v) is 10.8. The molecular weight excluding hydrogens is 278 g/mol. The molecule has 1 aliphatic heterocycles. The number of ether oxygens (including phenoxy) is 1. The molecule has 1 heterocycles. The third-order valence-corrected chi connectivity index (χ3v) is 2.97. The van der Waals surface area contributed by atoms with E-state index in [2.05, 4.69) is 0 Å². The van der Waals surface area contributed by atoms with Crippen LogP contribution in [0.2, 0.25) is 0 Å². The molecule has 0 aliphatic carbocycles. The summed E-state index contributed by atoms with van der Waals surface area (Å²) >= 11 is 0. The molecule has 1 aromatic rings. The van der Waals surface area contributed by atoms with Crippen LogP contribution in [0.5, 0.6) is 5.75 Å². The predicted molar refractivity (Wildman–Crippen MR) is 64.5 cm³/mol. The first kappa shape index (κ1) is 14.6. The van der Waals surface area contributed by atoms with Crippen LogP contribution in [0.4, 0.5) is 23.2 Å². The van der Waals surface area contributed by atoms with Crippen LogP contribution < -0.4 is 9.64 Å². The molecule has 0 unspecified atom stereocenters. The maximum Gasteiger partial charge on any atom is 0.422 e. The van der Waals surface area contributed by atoms with Crippen molar-refractivity contribution in [3.05, 3.63) is 23.5 Å². The van der Waals surface area contributed by atoms with Crippen molar-refractivity contribution in [2.75, 3.05) is 24.6 Å². The van der Waals surface area contributed by atoms with E-state index in [0.717, 1.165) is 6.07 Å². The zero-order valence-electron chi connectivity index (χ0n) is 10.8. The van der Waals surface area contributed by atoms with Gasteiger partial charge >= 0.3 is 6.18 Å². The molecule has 0 N–H and O–H groups in total. The number of hydrogen-bond donors (Lipinski definition) is 0. The van der Waals surface area contributed by atoms with Crippen molar-refractivity contribution in [1.29, 1.82) is 0 Å². The summed E-state index contributed by atoms with van der Waals surface area (Å²) in [6.45, 7) is 0.578. The topological polar surface area (TPSA) is 29.5 Å². The molecule has 1 fully saturated rings. The first-order chi connectivity index (χ1) is 9.26. The summed E-state index contributed by atoms with van der Waals surface area (Å²) < 4.78 is 54.7. The third-order valence-electron chi connectivity index (χ3n) is 2.97. The number of aryl methyl sites for hydroxylation is 1. The van der Waals surface area contributed by atoms with E-state index in [4.69, 9.17) is 4.74 Å². The van der Waals surface area contributed by atoms with E-state index in [1.54, 1.807) is 11.8 Å². The molecule has 0 aromatic heterocycles. The summed E-state index contributed by atoms with van der Waals surface area (Å²) in [6, 6.07) is 2.12. The van der Waals surface area contributed by atoms with Crippen molar-refractivity contribution in [3.8, 4) is 5.75 Å². The number of nitrogens with zero attached hydrogens (tertiary/aromatic N) is 1. The Kier molecular flexibility index (Phi) is 3.87. The number of anilines is 1. The largest absolute Gasteiger partial charge is 0.482 e. The normalized spacial score (nSPS) is 15.8. The number of carbonyl (C=O) groups excluding carboxylic acids is 1. The van der Waals surface area contributed by atoms with Crippen molar-refractivity contribution in [2.24, 2.45) is 0 Å². The Balaban J connectivity index is 2.31. The minimum Gasteiger partial charge on any atom is -0.482 e. The van der Waals surface area contributed by atoms with Gasteiger partial charge in [0, 0.05) is 19.0 Å². The highest BCUT2D eigenvalue weighted by Gasteiger charge is 2.30. The van der Waals surface area contributed by atoms with Crippen molar-refractivity contribution >= 4 is 11.5 Å². The van der Waals surface area contributed by atoms with Crippen LogP contribution in [0.25, 0.3) is 0 Å². The first-order valence-electron chi connectivity index (χ1n) is 6.02. The van der Waals surface area contributed by atoms with Crippen LogP contribution in [0.3, 0.4) is 0 Å². The number of alkyl halides is 3. The summed E-state index contributed by atoms with van der Waals surface area (Å²) in [6.07, 6.45) is -4.17. The summed E-state index contributed by atoms with van der Waals surface area (Å²) in [5, 5.41) is 0. The van der Waals surface area contributed by atoms with Crippen LogP contribution in [0.15, 0.2) is 12.1 Å². The van der Waals surface area contributed by atoms with Crippen LogP contribution in [0.1, 0.15) is 12.0 Å². The Hall–Kier alpha value is -1.79. The van der Waals surface area contributed by atoms with Crippen LogP contribution in [-0.4, -0.2) is 31.7 Å². The number of hydrogen-bond acceptors (Lipinski definition) is 3. The lowest BCUT2D eigenvalue weighted by Gasteiger charge is -2.23. The molecule has 2 rings (SSSR count). The van der Waals surface area contributed by atoms with Gasteiger partial charge in [-0.15, -0.1) is 0 Å². The van der Waals surface area contributed by atoms with Gasteiger partial charge in [-0.05, 0) is 18.6 Å². The summed E-state index contributed by atoms with van der Waals surface area (Å²) in [5.41, 5.74) is 0.790. The molecule has 0 amide bonds. The molecule has 0 atom stereocenters. The molecule has 110 valence electrons. The summed E-state index contributed by atoms with van der Waals surface area (Å²) in [7, 11) is 0. The molecular formula is C13H13F4NO2. The lowest BCUT2D eigenvalue weighted by atomic mass is 10.1. The first-order valence-corrected chi connectivity index (χ1v) is 6.02. The Labute approximate surface area is 113 Å². The van der Waals surface area contributed by atoms with E-state index < -0.39 is 18.6 Å². The number of ketones is 1.